The van der Waals surface area contributed by atoms with Crippen LogP contribution in [0.3, 0.4) is 0 Å². The monoisotopic (exact) mass is 351 g/mol. The highest BCUT2D eigenvalue weighted by Crippen LogP contribution is 2.13. The Hall–Kier alpha value is -2.69. The van der Waals surface area contributed by atoms with Gasteiger partial charge in [-0.05, 0) is 37.0 Å². The van der Waals surface area contributed by atoms with Crippen LogP contribution in [-0.2, 0) is 6.42 Å². The fourth-order valence-electron chi connectivity index (χ4n) is 3.20. The van der Waals surface area contributed by atoms with E-state index in [1.54, 1.807) is 12.1 Å². The Morgan fingerprint density at radius 2 is 1.73 bits per heavy atom. The molecule has 1 aliphatic rings. The third-order valence-electron chi connectivity index (χ3n) is 4.67. The van der Waals surface area contributed by atoms with E-state index < -0.39 is 0 Å². The fourth-order valence-corrected chi connectivity index (χ4v) is 3.20. The highest BCUT2D eigenvalue weighted by molar-refractivity contribution is 5.98. The minimum atomic E-state index is -0.244. The summed E-state index contributed by atoms with van der Waals surface area (Å²) in [6, 6.07) is 13.3. The normalized spacial score (nSPS) is 14.5. The van der Waals surface area contributed by atoms with Crippen LogP contribution in [0.25, 0.3) is 0 Å². The van der Waals surface area contributed by atoms with Gasteiger partial charge in [-0.25, -0.2) is 0 Å². The van der Waals surface area contributed by atoms with Crippen molar-refractivity contribution >= 4 is 11.8 Å². The summed E-state index contributed by atoms with van der Waals surface area (Å²) >= 11 is 0. The Bertz CT molecular complexity index is 738. The summed E-state index contributed by atoms with van der Waals surface area (Å²) in [5, 5.41) is 2.88. The maximum absolute atomic E-state index is 12.7. The van der Waals surface area contributed by atoms with Crippen molar-refractivity contribution in [2.45, 2.75) is 32.1 Å². The molecule has 2 aromatic rings. The molecular formula is C21H25N3O2. The predicted octanol–water partition coefficient (Wildman–Crippen LogP) is 3.07. The Labute approximate surface area is 154 Å². The number of nitrogens with one attached hydrogen (secondary N) is 1. The first-order valence-electron chi connectivity index (χ1n) is 9.31. The molecule has 1 fully saturated rings. The summed E-state index contributed by atoms with van der Waals surface area (Å²) in [6.45, 7) is 2.12. The number of hydrogen-bond acceptors (Lipinski definition) is 3. The first kappa shape index (κ1) is 18.1. The molecule has 3 rings (SSSR count). The molecule has 0 spiro atoms. The highest BCUT2D eigenvalue weighted by Gasteiger charge is 2.18. The minimum Gasteiger partial charge on any atom is -0.350 e. The third-order valence-corrected chi connectivity index (χ3v) is 4.67. The second-order valence-corrected chi connectivity index (χ2v) is 6.63. The standard InChI is InChI=1S/C21H25N3O2/c25-20(23-12-10-17-8-4-3-5-9-17)19-16-18(11-13-22-19)21(26)24-14-6-1-2-7-15-24/h3-5,8-9,11,13,16H,1-2,6-7,10,12,14-15H2,(H,23,25). The zero-order valence-corrected chi connectivity index (χ0v) is 15.0. The van der Waals surface area contributed by atoms with Gasteiger partial charge < -0.3 is 10.2 Å². The molecule has 0 atom stereocenters. The van der Waals surface area contributed by atoms with E-state index >= 15 is 0 Å². The zero-order valence-electron chi connectivity index (χ0n) is 15.0. The fraction of sp³-hybridized carbons (Fsp3) is 0.381. The van der Waals surface area contributed by atoms with E-state index in [-0.39, 0.29) is 11.8 Å². The lowest BCUT2D eigenvalue weighted by atomic mass is 10.1. The average Bonchev–Trinajstić information content (AvgIpc) is 2.98. The van der Waals surface area contributed by atoms with Gasteiger partial charge in [0.15, 0.2) is 0 Å². The molecule has 5 nitrogen and oxygen atoms in total. The third kappa shape index (κ3) is 4.91. The molecule has 0 bridgehead atoms. The number of carbonyl (C=O) groups excluding carboxylic acids is 2. The summed E-state index contributed by atoms with van der Waals surface area (Å²) in [6.07, 6.45) is 6.74. The summed E-state index contributed by atoms with van der Waals surface area (Å²) in [4.78, 5) is 31.1. The van der Waals surface area contributed by atoms with Crippen molar-refractivity contribution in [1.29, 1.82) is 0 Å². The molecule has 1 N–H and O–H groups in total. The number of nitrogens with zero attached hydrogens (tertiary/aromatic N) is 2. The summed E-state index contributed by atoms with van der Waals surface area (Å²) in [7, 11) is 0. The molecule has 1 aromatic heterocycles. The van der Waals surface area contributed by atoms with Crippen LogP contribution in [0.2, 0.25) is 0 Å². The van der Waals surface area contributed by atoms with Gasteiger partial charge in [-0.15, -0.1) is 0 Å². The summed E-state index contributed by atoms with van der Waals surface area (Å²) in [5.74, 6) is -0.251. The molecule has 0 aliphatic carbocycles. The topological polar surface area (TPSA) is 62.3 Å². The Morgan fingerprint density at radius 3 is 2.46 bits per heavy atom. The minimum absolute atomic E-state index is 0.00682. The van der Waals surface area contributed by atoms with Crippen LogP contribution in [0.5, 0.6) is 0 Å². The van der Waals surface area contributed by atoms with Gasteiger partial charge in [0.2, 0.25) is 0 Å². The van der Waals surface area contributed by atoms with E-state index in [4.69, 9.17) is 0 Å². The van der Waals surface area contributed by atoms with Gasteiger partial charge >= 0.3 is 0 Å². The first-order chi connectivity index (χ1) is 12.7. The lowest BCUT2D eigenvalue weighted by molar-refractivity contribution is 0.0761. The van der Waals surface area contributed by atoms with Crippen LogP contribution in [0.15, 0.2) is 48.7 Å². The maximum atomic E-state index is 12.7. The van der Waals surface area contributed by atoms with Crippen molar-refractivity contribution in [3.8, 4) is 0 Å². The molecule has 0 radical (unpaired) electrons. The molecule has 5 heteroatoms. The van der Waals surface area contributed by atoms with Crippen LogP contribution in [0.4, 0.5) is 0 Å². The largest absolute Gasteiger partial charge is 0.350 e. The van der Waals surface area contributed by atoms with Crippen LogP contribution < -0.4 is 5.32 Å². The smallest absolute Gasteiger partial charge is 0.269 e. The number of hydrogen-bond donors (Lipinski definition) is 1. The van der Waals surface area contributed by atoms with Gasteiger partial charge in [-0.1, -0.05) is 43.2 Å². The van der Waals surface area contributed by atoms with Crippen molar-refractivity contribution < 1.29 is 9.59 Å². The predicted molar refractivity (Wildman–Crippen MR) is 101 cm³/mol. The number of aromatic nitrogens is 1. The van der Waals surface area contributed by atoms with Gasteiger partial charge in [0.05, 0.1) is 0 Å². The molecule has 0 unspecified atom stereocenters. The first-order valence-corrected chi connectivity index (χ1v) is 9.31. The molecule has 2 heterocycles. The molecule has 136 valence electrons. The van der Waals surface area contributed by atoms with Crippen molar-refractivity contribution in [1.82, 2.24) is 15.2 Å². The number of likely N-dealkylation sites (tertiary alicyclic amines) is 1. The lowest BCUT2D eigenvalue weighted by Crippen LogP contribution is -2.32. The van der Waals surface area contributed by atoms with Crippen molar-refractivity contribution in [3.63, 3.8) is 0 Å². The number of benzene rings is 1. The molecular weight excluding hydrogens is 326 g/mol. The Kier molecular flexibility index (Phi) is 6.36. The second kappa shape index (κ2) is 9.13. The van der Waals surface area contributed by atoms with Crippen molar-refractivity contribution in [2.24, 2.45) is 0 Å². The Balaban J connectivity index is 1.59. The maximum Gasteiger partial charge on any atom is 0.269 e. The van der Waals surface area contributed by atoms with Crippen molar-refractivity contribution in [2.75, 3.05) is 19.6 Å². The van der Waals surface area contributed by atoms with E-state index in [1.165, 1.54) is 24.6 Å². The number of carbonyl (C=O) groups is 2. The van der Waals surface area contributed by atoms with E-state index in [2.05, 4.69) is 10.3 Å². The van der Waals surface area contributed by atoms with Gasteiger partial charge in [-0.3, -0.25) is 14.6 Å². The lowest BCUT2D eigenvalue weighted by Gasteiger charge is -2.20. The summed E-state index contributed by atoms with van der Waals surface area (Å²) in [5.41, 5.74) is 2.00. The summed E-state index contributed by atoms with van der Waals surface area (Å²) < 4.78 is 0. The van der Waals surface area contributed by atoms with Crippen LogP contribution in [-0.4, -0.2) is 41.3 Å². The number of rotatable bonds is 5. The molecule has 26 heavy (non-hydrogen) atoms. The van der Waals surface area contributed by atoms with E-state index in [0.717, 1.165) is 32.4 Å². The molecule has 0 saturated carbocycles. The average molecular weight is 351 g/mol. The molecule has 1 saturated heterocycles. The second-order valence-electron chi connectivity index (χ2n) is 6.63. The van der Waals surface area contributed by atoms with E-state index in [9.17, 15) is 9.59 Å². The zero-order chi connectivity index (χ0) is 18.2. The van der Waals surface area contributed by atoms with Crippen LogP contribution in [0.1, 0.15) is 52.1 Å². The van der Waals surface area contributed by atoms with Crippen LogP contribution in [0, 0.1) is 0 Å². The van der Waals surface area contributed by atoms with E-state index in [0.29, 0.717) is 17.8 Å². The highest BCUT2D eigenvalue weighted by atomic mass is 16.2. The van der Waals surface area contributed by atoms with Gasteiger partial charge in [0.25, 0.3) is 11.8 Å². The number of amides is 2. The number of pyridine rings is 1. The SMILES string of the molecule is O=C(NCCc1ccccc1)c1cc(C(=O)N2CCCCCC2)ccn1. The van der Waals surface area contributed by atoms with Crippen molar-refractivity contribution in [3.05, 3.63) is 65.5 Å². The molecule has 1 aliphatic heterocycles. The van der Waals surface area contributed by atoms with E-state index in [1.807, 2.05) is 35.2 Å². The van der Waals surface area contributed by atoms with Gasteiger partial charge in [0.1, 0.15) is 5.69 Å². The molecule has 2 amide bonds. The quantitative estimate of drug-likeness (QED) is 0.900. The van der Waals surface area contributed by atoms with Gasteiger partial charge in [0, 0.05) is 31.4 Å². The van der Waals surface area contributed by atoms with Gasteiger partial charge in [-0.2, -0.15) is 0 Å². The molecule has 1 aromatic carbocycles. The Morgan fingerprint density at radius 1 is 1.00 bits per heavy atom. The van der Waals surface area contributed by atoms with Crippen LogP contribution >= 0.6 is 0 Å².